The molecule has 2 unspecified atom stereocenters. The second-order valence-electron chi connectivity index (χ2n) is 3.68. The molecule has 0 bridgehead atoms. The van der Waals surface area contributed by atoms with Crippen LogP contribution in [0, 0.1) is 11.8 Å². The number of allylic oxidation sites excluding steroid dienone is 4. The molecular weight excluding hydrogens is 151 g/mol. The number of halogens is 1. The smallest absolute Gasteiger partial charge is 0.119 e. The van der Waals surface area contributed by atoms with Crippen LogP contribution in [0.2, 0.25) is 0 Å². The molecule has 0 radical (unpaired) electrons. The van der Waals surface area contributed by atoms with Crippen LogP contribution in [0.5, 0.6) is 0 Å². The molecule has 0 saturated carbocycles. The van der Waals surface area contributed by atoms with Gasteiger partial charge in [-0.25, -0.2) is 4.39 Å². The molecule has 0 saturated heterocycles. The highest BCUT2D eigenvalue weighted by atomic mass is 19.1. The van der Waals surface area contributed by atoms with E-state index < -0.39 is 0 Å². The topological polar surface area (TPSA) is 0 Å². The maximum Gasteiger partial charge on any atom is 0.119 e. The van der Waals surface area contributed by atoms with Gasteiger partial charge in [0, 0.05) is 0 Å². The van der Waals surface area contributed by atoms with Gasteiger partial charge in [0.05, 0.1) is 0 Å². The lowest BCUT2D eigenvalue weighted by molar-refractivity contribution is 0.519. The van der Waals surface area contributed by atoms with E-state index in [1.54, 1.807) is 12.2 Å². The van der Waals surface area contributed by atoms with Gasteiger partial charge in [0.2, 0.25) is 0 Å². The molecular formula is C11H17F. The van der Waals surface area contributed by atoms with Crippen LogP contribution in [0.4, 0.5) is 4.39 Å². The normalized spacial score (nSPS) is 26.2. The van der Waals surface area contributed by atoms with E-state index in [2.05, 4.69) is 20.8 Å². The molecule has 0 nitrogen and oxygen atoms in total. The van der Waals surface area contributed by atoms with Crippen molar-refractivity contribution in [1.29, 1.82) is 0 Å². The van der Waals surface area contributed by atoms with E-state index in [-0.39, 0.29) is 5.83 Å². The van der Waals surface area contributed by atoms with Gasteiger partial charge in [0.1, 0.15) is 5.83 Å². The van der Waals surface area contributed by atoms with Gasteiger partial charge in [-0.05, 0) is 36.8 Å². The minimum Gasteiger partial charge on any atom is -0.207 e. The Hall–Kier alpha value is -0.590. The molecule has 1 aliphatic carbocycles. The van der Waals surface area contributed by atoms with Crippen LogP contribution in [-0.2, 0) is 0 Å². The Morgan fingerprint density at radius 2 is 2.33 bits per heavy atom. The van der Waals surface area contributed by atoms with E-state index in [1.165, 1.54) is 5.57 Å². The van der Waals surface area contributed by atoms with Crippen molar-refractivity contribution in [3.8, 4) is 0 Å². The highest BCUT2D eigenvalue weighted by Gasteiger charge is 2.17. The molecule has 0 N–H and O–H groups in total. The first-order valence-corrected chi connectivity index (χ1v) is 4.72. The predicted molar refractivity (Wildman–Crippen MR) is 50.5 cm³/mol. The second kappa shape index (κ2) is 3.88. The third-order valence-electron chi connectivity index (χ3n) is 2.72. The quantitative estimate of drug-likeness (QED) is 0.587. The predicted octanol–water partition coefficient (Wildman–Crippen LogP) is 3.85. The highest BCUT2D eigenvalue weighted by molar-refractivity contribution is 5.26. The Bertz CT molecular complexity index is 213. The van der Waals surface area contributed by atoms with Crippen LogP contribution in [0.3, 0.4) is 0 Å². The molecule has 1 heteroatoms. The number of hydrogen-bond donors (Lipinski definition) is 0. The average Bonchev–Trinajstić information content (AvgIpc) is 2.08. The van der Waals surface area contributed by atoms with Crippen LogP contribution in [-0.4, -0.2) is 0 Å². The minimum absolute atomic E-state index is 0.0524. The first kappa shape index (κ1) is 9.50. The molecule has 0 amide bonds. The van der Waals surface area contributed by atoms with E-state index in [4.69, 9.17) is 0 Å². The van der Waals surface area contributed by atoms with Crippen molar-refractivity contribution in [2.45, 2.75) is 33.6 Å². The fraction of sp³-hybridized carbons (Fsp3) is 0.636. The summed E-state index contributed by atoms with van der Waals surface area (Å²) in [5, 5.41) is 0. The lowest BCUT2D eigenvalue weighted by atomic mass is 9.83. The van der Waals surface area contributed by atoms with Crippen molar-refractivity contribution in [3.63, 3.8) is 0 Å². The summed E-state index contributed by atoms with van der Waals surface area (Å²) in [5.41, 5.74) is 1.28. The molecule has 0 aromatic carbocycles. The standard InChI is InChI=1S/C11H17F/c1-4-8(2)11-7-10(12)6-5-9(11)3/h6-9H,4-5H2,1-3H3. The van der Waals surface area contributed by atoms with Gasteiger partial charge < -0.3 is 0 Å². The summed E-state index contributed by atoms with van der Waals surface area (Å²) in [4.78, 5) is 0. The van der Waals surface area contributed by atoms with E-state index in [0.717, 1.165) is 12.8 Å². The Morgan fingerprint density at radius 1 is 1.67 bits per heavy atom. The zero-order valence-corrected chi connectivity index (χ0v) is 8.10. The first-order chi connectivity index (χ1) is 5.65. The molecule has 0 aliphatic heterocycles. The number of hydrogen-bond acceptors (Lipinski definition) is 0. The summed E-state index contributed by atoms with van der Waals surface area (Å²) in [6.07, 6.45) is 5.35. The molecule has 0 aromatic heterocycles. The van der Waals surface area contributed by atoms with Gasteiger partial charge in [-0.15, -0.1) is 0 Å². The van der Waals surface area contributed by atoms with Gasteiger partial charge >= 0.3 is 0 Å². The minimum atomic E-state index is -0.0524. The van der Waals surface area contributed by atoms with Gasteiger partial charge in [0.25, 0.3) is 0 Å². The lowest BCUT2D eigenvalue weighted by Gasteiger charge is -2.22. The van der Waals surface area contributed by atoms with E-state index in [1.807, 2.05) is 0 Å². The molecule has 0 aromatic rings. The maximum absolute atomic E-state index is 12.9. The molecule has 0 spiro atoms. The fourth-order valence-corrected chi connectivity index (χ4v) is 1.65. The Kier molecular flexibility index (Phi) is 3.07. The Labute approximate surface area is 74.2 Å². The van der Waals surface area contributed by atoms with Gasteiger partial charge in [0.15, 0.2) is 0 Å². The van der Waals surface area contributed by atoms with Crippen molar-refractivity contribution in [3.05, 3.63) is 23.6 Å². The zero-order chi connectivity index (χ0) is 9.14. The third kappa shape index (κ3) is 1.96. The van der Waals surface area contributed by atoms with E-state index in [9.17, 15) is 4.39 Å². The number of rotatable bonds is 2. The van der Waals surface area contributed by atoms with Crippen molar-refractivity contribution in [2.75, 3.05) is 0 Å². The Balaban J connectivity index is 2.78. The zero-order valence-electron chi connectivity index (χ0n) is 8.10. The van der Waals surface area contributed by atoms with Gasteiger partial charge in [-0.2, -0.15) is 0 Å². The van der Waals surface area contributed by atoms with E-state index >= 15 is 0 Å². The van der Waals surface area contributed by atoms with Gasteiger partial charge in [-0.1, -0.05) is 26.3 Å². The van der Waals surface area contributed by atoms with Crippen LogP contribution < -0.4 is 0 Å². The molecule has 68 valence electrons. The first-order valence-electron chi connectivity index (χ1n) is 4.72. The maximum atomic E-state index is 12.9. The lowest BCUT2D eigenvalue weighted by Crippen LogP contribution is -2.10. The van der Waals surface area contributed by atoms with Crippen molar-refractivity contribution < 1.29 is 4.39 Å². The molecule has 1 aliphatic rings. The average molecular weight is 168 g/mol. The van der Waals surface area contributed by atoms with E-state index in [0.29, 0.717) is 11.8 Å². The monoisotopic (exact) mass is 168 g/mol. The largest absolute Gasteiger partial charge is 0.207 e. The SMILES string of the molecule is CCC(C)C1=CC(F)=CCC1C. The molecule has 12 heavy (non-hydrogen) atoms. The van der Waals surface area contributed by atoms with Crippen LogP contribution in [0.25, 0.3) is 0 Å². The summed E-state index contributed by atoms with van der Waals surface area (Å²) in [5.74, 6) is 1.00. The second-order valence-corrected chi connectivity index (χ2v) is 3.68. The van der Waals surface area contributed by atoms with Crippen LogP contribution in [0.1, 0.15) is 33.6 Å². The molecule has 0 fully saturated rings. The summed E-state index contributed by atoms with van der Waals surface area (Å²) >= 11 is 0. The highest BCUT2D eigenvalue weighted by Crippen LogP contribution is 2.30. The van der Waals surface area contributed by atoms with Crippen LogP contribution in [0.15, 0.2) is 23.6 Å². The van der Waals surface area contributed by atoms with Crippen LogP contribution >= 0.6 is 0 Å². The van der Waals surface area contributed by atoms with Gasteiger partial charge in [-0.3, -0.25) is 0 Å². The van der Waals surface area contributed by atoms with Crippen molar-refractivity contribution >= 4 is 0 Å². The summed E-state index contributed by atoms with van der Waals surface area (Å²) in [7, 11) is 0. The van der Waals surface area contributed by atoms with Crippen molar-refractivity contribution in [2.24, 2.45) is 11.8 Å². The summed E-state index contributed by atoms with van der Waals surface area (Å²) in [6.45, 7) is 6.48. The third-order valence-corrected chi connectivity index (χ3v) is 2.72. The Morgan fingerprint density at radius 3 is 2.92 bits per heavy atom. The molecule has 0 heterocycles. The summed E-state index contributed by atoms with van der Waals surface area (Å²) < 4.78 is 12.9. The fourth-order valence-electron chi connectivity index (χ4n) is 1.65. The molecule has 2 atom stereocenters. The molecule has 1 rings (SSSR count). The van der Waals surface area contributed by atoms with Crippen molar-refractivity contribution in [1.82, 2.24) is 0 Å². The summed E-state index contributed by atoms with van der Waals surface area (Å²) in [6, 6.07) is 0.